The van der Waals surface area contributed by atoms with Crippen molar-refractivity contribution in [2.45, 2.75) is 26.3 Å². The van der Waals surface area contributed by atoms with Crippen LogP contribution in [0.5, 0.6) is 0 Å². The Hall–Kier alpha value is -2.35. The Morgan fingerprint density at radius 2 is 1.68 bits per heavy atom. The second-order valence-electron chi connectivity index (χ2n) is 9.24. The fourth-order valence-electron chi connectivity index (χ4n) is 5.13. The van der Waals surface area contributed by atoms with Gasteiger partial charge in [-0.2, -0.15) is 0 Å². The summed E-state index contributed by atoms with van der Waals surface area (Å²) in [5, 5.41) is 2.77. The number of piperidine rings is 1. The van der Waals surface area contributed by atoms with Gasteiger partial charge >= 0.3 is 0 Å². The molecule has 1 aromatic carbocycles. The minimum absolute atomic E-state index is 0.0292. The predicted octanol–water partition coefficient (Wildman–Crippen LogP) is 4.42. The number of hydrogen-bond donors (Lipinski definition) is 0. The lowest BCUT2D eigenvalue weighted by Crippen LogP contribution is -2.51. The maximum Gasteiger partial charge on any atom is 0.270 e. The first kappa shape index (κ1) is 23.4. The zero-order valence-corrected chi connectivity index (χ0v) is 21.2. The van der Waals surface area contributed by atoms with Gasteiger partial charge in [-0.05, 0) is 54.6 Å². The van der Waals surface area contributed by atoms with Crippen molar-refractivity contribution in [3.8, 4) is 0 Å². The highest BCUT2D eigenvalue weighted by atomic mass is 35.5. The molecule has 0 atom stereocenters. The van der Waals surface area contributed by atoms with Crippen LogP contribution in [0.2, 0.25) is 5.02 Å². The average molecular weight is 499 g/mol. The van der Waals surface area contributed by atoms with Crippen LogP contribution in [-0.4, -0.2) is 76.9 Å². The van der Waals surface area contributed by atoms with Crippen LogP contribution in [-0.2, 0) is 11.3 Å². The third kappa shape index (κ3) is 4.74. The number of amides is 2. The second kappa shape index (κ2) is 10.1. The summed E-state index contributed by atoms with van der Waals surface area (Å²) in [6.07, 6.45) is 1.48. The number of rotatable bonds is 5. The maximum atomic E-state index is 13.6. The lowest BCUT2D eigenvalue weighted by molar-refractivity contribution is -0.138. The molecule has 180 valence electrons. The summed E-state index contributed by atoms with van der Waals surface area (Å²) in [5.41, 5.74) is 2.91. The minimum Gasteiger partial charge on any atom is -0.340 e. The summed E-state index contributed by atoms with van der Waals surface area (Å²) in [5.74, 6) is 0.357. The number of carbonyl (C=O) groups is 2. The molecule has 8 heteroatoms. The average Bonchev–Trinajstić information content (AvgIpc) is 3.47. The molecule has 0 radical (unpaired) electrons. The van der Waals surface area contributed by atoms with Gasteiger partial charge in [0.2, 0.25) is 5.91 Å². The Kier molecular flexibility index (Phi) is 6.95. The van der Waals surface area contributed by atoms with Gasteiger partial charge in [0.15, 0.2) is 0 Å². The molecule has 0 aliphatic carbocycles. The molecule has 3 aromatic rings. The zero-order valence-electron chi connectivity index (χ0n) is 19.6. The van der Waals surface area contributed by atoms with E-state index in [2.05, 4.69) is 27.8 Å². The first-order chi connectivity index (χ1) is 16.5. The molecule has 2 saturated heterocycles. The van der Waals surface area contributed by atoms with Gasteiger partial charge in [-0.15, -0.1) is 11.3 Å². The Morgan fingerprint density at radius 1 is 0.971 bits per heavy atom. The summed E-state index contributed by atoms with van der Waals surface area (Å²) in [6, 6.07) is 11.9. The molecule has 6 nitrogen and oxygen atoms in total. The van der Waals surface area contributed by atoms with Crippen molar-refractivity contribution in [1.29, 1.82) is 0 Å². The molecular weight excluding hydrogens is 468 g/mol. The number of likely N-dealkylation sites (N-methyl/N-ethyl adjacent to an activating group) is 1. The summed E-state index contributed by atoms with van der Waals surface area (Å²) in [7, 11) is 0. The number of aromatic nitrogens is 1. The highest BCUT2D eigenvalue weighted by Gasteiger charge is 2.32. The van der Waals surface area contributed by atoms with E-state index in [4.69, 9.17) is 11.6 Å². The highest BCUT2D eigenvalue weighted by Crippen LogP contribution is 2.29. The van der Waals surface area contributed by atoms with E-state index >= 15 is 0 Å². The van der Waals surface area contributed by atoms with E-state index in [1.807, 2.05) is 40.1 Å². The molecule has 2 amide bonds. The summed E-state index contributed by atoms with van der Waals surface area (Å²) in [4.78, 5) is 33.0. The number of nitrogens with zero attached hydrogens (tertiary/aromatic N) is 4. The van der Waals surface area contributed by atoms with Crippen molar-refractivity contribution >= 4 is 45.0 Å². The lowest BCUT2D eigenvalue weighted by Gasteiger charge is -2.38. The lowest BCUT2D eigenvalue weighted by atomic mass is 9.94. The van der Waals surface area contributed by atoms with Gasteiger partial charge in [-0.25, -0.2) is 0 Å². The van der Waals surface area contributed by atoms with Gasteiger partial charge in [-0.1, -0.05) is 30.7 Å². The smallest absolute Gasteiger partial charge is 0.270 e. The number of thiophene rings is 1. The molecule has 0 bridgehead atoms. The largest absolute Gasteiger partial charge is 0.340 e. The fraction of sp³-hybridized carbons (Fsp3) is 0.462. The Morgan fingerprint density at radius 3 is 2.35 bits per heavy atom. The SMILES string of the molecule is CCN1CCN(C(=O)C2CCN(C(=O)c3cc4sccc4n3Cc3ccc(Cl)cc3)CC2)CC1. The van der Waals surface area contributed by atoms with Crippen molar-refractivity contribution < 1.29 is 9.59 Å². The van der Waals surface area contributed by atoms with Crippen LogP contribution >= 0.6 is 22.9 Å². The molecule has 5 rings (SSSR count). The van der Waals surface area contributed by atoms with Crippen molar-refractivity contribution in [2.24, 2.45) is 5.92 Å². The van der Waals surface area contributed by atoms with Crippen molar-refractivity contribution in [3.63, 3.8) is 0 Å². The van der Waals surface area contributed by atoms with Crippen LogP contribution in [0.25, 0.3) is 10.2 Å². The van der Waals surface area contributed by atoms with E-state index in [0.717, 1.165) is 67.0 Å². The van der Waals surface area contributed by atoms with E-state index in [0.29, 0.717) is 24.7 Å². The van der Waals surface area contributed by atoms with Crippen LogP contribution in [0.1, 0.15) is 35.8 Å². The normalized spacial score (nSPS) is 18.1. The second-order valence-corrected chi connectivity index (χ2v) is 10.6. The summed E-state index contributed by atoms with van der Waals surface area (Å²) >= 11 is 7.71. The molecule has 2 aromatic heterocycles. The monoisotopic (exact) mass is 498 g/mol. The number of benzene rings is 1. The number of piperazine rings is 1. The van der Waals surface area contributed by atoms with E-state index in [-0.39, 0.29) is 17.7 Å². The molecule has 0 saturated carbocycles. The Balaban J connectivity index is 1.26. The predicted molar refractivity (Wildman–Crippen MR) is 138 cm³/mol. The quantitative estimate of drug-likeness (QED) is 0.523. The molecule has 0 N–H and O–H groups in total. The number of fused-ring (bicyclic) bond motifs is 1. The van der Waals surface area contributed by atoms with Crippen molar-refractivity contribution in [1.82, 2.24) is 19.3 Å². The number of carbonyl (C=O) groups excluding carboxylic acids is 2. The van der Waals surface area contributed by atoms with Crippen LogP contribution in [0.3, 0.4) is 0 Å². The zero-order chi connectivity index (χ0) is 23.7. The molecule has 4 heterocycles. The highest BCUT2D eigenvalue weighted by molar-refractivity contribution is 7.17. The molecule has 34 heavy (non-hydrogen) atoms. The molecular formula is C26H31ClN4O2S. The molecule has 2 aliphatic heterocycles. The number of hydrogen-bond acceptors (Lipinski definition) is 4. The Bertz CT molecular complexity index is 1160. The van der Waals surface area contributed by atoms with Crippen LogP contribution < -0.4 is 0 Å². The van der Waals surface area contributed by atoms with Gasteiger partial charge in [0.1, 0.15) is 5.69 Å². The van der Waals surface area contributed by atoms with Crippen LogP contribution in [0, 0.1) is 5.92 Å². The van der Waals surface area contributed by atoms with E-state index in [1.165, 1.54) is 0 Å². The van der Waals surface area contributed by atoms with Gasteiger partial charge in [0.05, 0.1) is 10.2 Å². The van der Waals surface area contributed by atoms with E-state index in [1.54, 1.807) is 11.3 Å². The Labute approximate surface area is 209 Å². The van der Waals surface area contributed by atoms with Crippen molar-refractivity contribution in [2.75, 3.05) is 45.8 Å². The fourth-order valence-corrected chi connectivity index (χ4v) is 6.08. The third-order valence-electron chi connectivity index (χ3n) is 7.26. The molecule has 2 fully saturated rings. The van der Waals surface area contributed by atoms with Gasteiger partial charge < -0.3 is 19.3 Å². The maximum absolute atomic E-state index is 13.6. The van der Waals surface area contributed by atoms with E-state index in [9.17, 15) is 9.59 Å². The summed E-state index contributed by atoms with van der Waals surface area (Å²) in [6.45, 7) is 8.65. The third-order valence-corrected chi connectivity index (χ3v) is 8.36. The van der Waals surface area contributed by atoms with Crippen LogP contribution in [0.4, 0.5) is 0 Å². The molecule has 0 unspecified atom stereocenters. The van der Waals surface area contributed by atoms with Crippen LogP contribution in [0.15, 0.2) is 41.8 Å². The number of halogens is 1. The summed E-state index contributed by atoms with van der Waals surface area (Å²) < 4.78 is 3.23. The standard InChI is InChI=1S/C26H31ClN4O2S/c1-2-28-12-14-30(15-13-28)25(32)20-7-10-29(11-8-20)26(33)23-17-24-22(9-16-34-24)31(23)18-19-3-5-21(27)6-4-19/h3-6,9,16-17,20H,2,7-8,10-15,18H2,1H3. The minimum atomic E-state index is 0.0292. The first-order valence-electron chi connectivity index (χ1n) is 12.1. The first-order valence-corrected chi connectivity index (χ1v) is 13.4. The van der Waals surface area contributed by atoms with Gasteiger partial charge in [-0.3, -0.25) is 9.59 Å². The molecule has 2 aliphatic rings. The number of likely N-dealkylation sites (tertiary alicyclic amines) is 1. The topological polar surface area (TPSA) is 48.8 Å². The van der Waals surface area contributed by atoms with E-state index < -0.39 is 0 Å². The van der Waals surface area contributed by atoms with Gasteiger partial charge in [0.25, 0.3) is 5.91 Å². The molecule has 0 spiro atoms. The van der Waals surface area contributed by atoms with Gasteiger partial charge in [0, 0.05) is 56.8 Å². The van der Waals surface area contributed by atoms with Crippen molar-refractivity contribution in [3.05, 3.63) is 58.1 Å².